The van der Waals surface area contributed by atoms with Crippen LogP contribution in [0.1, 0.15) is 49.2 Å². The normalized spacial score (nSPS) is 17.8. The second-order valence-corrected chi connectivity index (χ2v) is 7.67. The lowest BCUT2D eigenvalue weighted by Crippen LogP contribution is -2.56. The van der Waals surface area contributed by atoms with Gasteiger partial charge in [0.05, 0.1) is 0 Å². The minimum atomic E-state index is -0.567. The summed E-state index contributed by atoms with van der Waals surface area (Å²) in [5.74, 6) is -0.672. The Morgan fingerprint density at radius 3 is 2.50 bits per heavy atom. The van der Waals surface area contributed by atoms with Gasteiger partial charge in [-0.05, 0) is 57.9 Å². The molecule has 0 bridgehead atoms. The van der Waals surface area contributed by atoms with E-state index in [-0.39, 0.29) is 18.0 Å². The Bertz CT molecular complexity index is 725. The molecule has 1 unspecified atom stereocenters. The van der Waals surface area contributed by atoms with Gasteiger partial charge in [-0.2, -0.15) is 0 Å². The van der Waals surface area contributed by atoms with Crippen LogP contribution in [0.3, 0.4) is 0 Å². The Hall–Kier alpha value is -2.37. The Morgan fingerprint density at radius 1 is 1.31 bits per heavy atom. The van der Waals surface area contributed by atoms with Crippen LogP contribution in [0, 0.1) is 12.7 Å². The minimum absolute atomic E-state index is 0.190. The van der Waals surface area contributed by atoms with Crippen LogP contribution in [-0.4, -0.2) is 53.1 Å². The van der Waals surface area contributed by atoms with Crippen molar-refractivity contribution in [2.24, 2.45) is 0 Å². The van der Waals surface area contributed by atoms with E-state index < -0.39 is 11.4 Å². The minimum Gasteiger partial charge on any atom is -0.444 e. The van der Waals surface area contributed by atoms with E-state index in [1.54, 1.807) is 28.9 Å². The molecule has 2 amide bonds. The largest absolute Gasteiger partial charge is 0.444 e. The van der Waals surface area contributed by atoms with Gasteiger partial charge in [-0.25, -0.2) is 9.18 Å². The van der Waals surface area contributed by atoms with E-state index in [4.69, 9.17) is 4.74 Å². The number of ether oxygens (including phenoxy) is 1. The van der Waals surface area contributed by atoms with Crippen LogP contribution in [0.25, 0.3) is 6.08 Å². The van der Waals surface area contributed by atoms with Crippen LogP contribution in [0.2, 0.25) is 0 Å². The molecule has 1 saturated heterocycles. The number of amides is 2. The predicted molar refractivity (Wildman–Crippen MR) is 99.5 cm³/mol. The zero-order valence-corrected chi connectivity index (χ0v) is 16.1. The predicted octanol–water partition coefficient (Wildman–Crippen LogP) is 3.86. The molecule has 5 nitrogen and oxygen atoms in total. The smallest absolute Gasteiger partial charge is 0.410 e. The first-order valence-electron chi connectivity index (χ1n) is 8.75. The number of hydrogen-bond donors (Lipinski definition) is 0. The van der Waals surface area contributed by atoms with E-state index in [1.807, 2.05) is 27.7 Å². The fraction of sp³-hybridized carbons (Fsp3) is 0.500. The summed E-state index contributed by atoms with van der Waals surface area (Å²) < 4.78 is 19.4. The topological polar surface area (TPSA) is 49.9 Å². The molecular formula is C20H27FN2O3. The highest BCUT2D eigenvalue weighted by Crippen LogP contribution is 2.21. The Morgan fingerprint density at radius 2 is 1.96 bits per heavy atom. The van der Waals surface area contributed by atoms with Gasteiger partial charge in [0.15, 0.2) is 0 Å². The van der Waals surface area contributed by atoms with Crippen molar-refractivity contribution >= 4 is 18.1 Å². The summed E-state index contributed by atoms with van der Waals surface area (Å²) in [5.41, 5.74) is 0.805. The summed E-state index contributed by atoms with van der Waals surface area (Å²) in [6, 6.07) is 2.69. The second-order valence-electron chi connectivity index (χ2n) is 7.67. The summed E-state index contributed by atoms with van der Waals surface area (Å²) in [6.07, 6.45) is 1.17. The number of hydrogen-bond acceptors (Lipinski definition) is 3. The Labute approximate surface area is 154 Å². The average molecular weight is 362 g/mol. The molecule has 26 heavy (non-hydrogen) atoms. The molecule has 1 atom stereocenters. The van der Waals surface area contributed by atoms with Gasteiger partial charge in [0, 0.05) is 31.2 Å². The van der Waals surface area contributed by atoms with E-state index in [0.717, 1.165) is 0 Å². The maximum Gasteiger partial charge on any atom is 0.410 e. The zero-order chi connectivity index (χ0) is 19.6. The molecule has 1 aliphatic rings. The lowest BCUT2D eigenvalue weighted by atomic mass is 10.0. The fourth-order valence-electron chi connectivity index (χ4n) is 2.96. The van der Waals surface area contributed by atoms with Gasteiger partial charge in [0.2, 0.25) is 0 Å². The highest BCUT2D eigenvalue weighted by molar-refractivity contribution is 5.98. The van der Waals surface area contributed by atoms with Crippen molar-refractivity contribution in [1.82, 2.24) is 9.80 Å². The molecule has 1 aromatic rings. The maximum absolute atomic E-state index is 14.0. The van der Waals surface area contributed by atoms with Gasteiger partial charge in [-0.1, -0.05) is 12.7 Å². The monoisotopic (exact) mass is 362 g/mol. The van der Waals surface area contributed by atoms with E-state index in [1.165, 1.54) is 6.07 Å². The highest BCUT2D eigenvalue weighted by atomic mass is 19.1. The molecule has 0 radical (unpaired) electrons. The molecule has 0 spiro atoms. The van der Waals surface area contributed by atoms with Crippen molar-refractivity contribution in [2.75, 3.05) is 19.6 Å². The van der Waals surface area contributed by atoms with Gasteiger partial charge in [0.25, 0.3) is 5.91 Å². The van der Waals surface area contributed by atoms with E-state index in [9.17, 15) is 14.0 Å². The van der Waals surface area contributed by atoms with E-state index >= 15 is 0 Å². The first-order valence-corrected chi connectivity index (χ1v) is 8.75. The molecular weight excluding hydrogens is 335 g/mol. The van der Waals surface area contributed by atoms with Crippen LogP contribution in [0.15, 0.2) is 18.7 Å². The molecule has 142 valence electrons. The number of nitrogens with zero attached hydrogens (tertiary/aromatic N) is 2. The van der Waals surface area contributed by atoms with Crippen LogP contribution in [-0.2, 0) is 4.74 Å². The van der Waals surface area contributed by atoms with Crippen molar-refractivity contribution < 1.29 is 18.7 Å². The van der Waals surface area contributed by atoms with Crippen molar-refractivity contribution in [1.29, 1.82) is 0 Å². The van der Waals surface area contributed by atoms with Gasteiger partial charge in [-0.15, -0.1) is 0 Å². The summed E-state index contributed by atoms with van der Waals surface area (Å²) in [5, 5.41) is 0. The zero-order valence-electron chi connectivity index (χ0n) is 16.1. The standard InChI is InChI=1S/C20H27FN2O3/c1-7-15-10-13(2)17(21)11-16(15)18(24)22-8-9-23(14(3)12-22)19(25)26-20(4,5)6/h7,10-11,14H,1,8-9,12H2,2-6H3. The van der Waals surface area contributed by atoms with Gasteiger partial charge < -0.3 is 14.5 Å². The third kappa shape index (κ3) is 4.42. The number of piperazine rings is 1. The first-order chi connectivity index (χ1) is 12.0. The third-order valence-corrected chi connectivity index (χ3v) is 4.32. The average Bonchev–Trinajstić information content (AvgIpc) is 2.54. The lowest BCUT2D eigenvalue weighted by molar-refractivity contribution is 0.00197. The maximum atomic E-state index is 14.0. The molecule has 0 N–H and O–H groups in total. The van der Waals surface area contributed by atoms with Crippen LogP contribution >= 0.6 is 0 Å². The Balaban J connectivity index is 2.14. The summed E-state index contributed by atoms with van der Waals surface area (Å²) in [7, 11) is 0. The lowest BCUT2D eigenvalue weighted by Gasteiger charge is -2.40. The summed E-state index contributed by atoms with van der Waals surface area (Å²) in [6.45, 7) is 13.8. The number of benzene rings is 1. The first kappa shape index (κ1) is 19.9. The van der Waals surface area contributed by atoms with Crippen LogP contribution in [0.4, 0.5) is 9.18 Å². The number of carbonyl (C=O) groups is 2. The fourth-order valence-corrected chi connectivity index (χ4v) is 2.96. The molecule has 1 aromatic carbocycles. The molecule has 1 aliphatic heterocycles. The van der Waals surface area contributed by atoms with Crippen LogP contribution < -0.4 is 0 Å². The highest BCUT2D eigenvalue weighted by Gasteiger charge is 2.33. The van der Waals surface area contributed by atoms with Crippen molar-refractivity contribution in [2.45, 2.75) is 46.3 Å². The van der Waals surface area contributed by atoms with E-state index in [0.29, 0.717) is 36.3 Å². The van der Waals surface area contributed by atoms with Gasteiger partial charge in [-0.3, -0.25) is 4.79 Å². The van der Waals surface area contributed by atoms with Crippen molar-refractivity contribution in [3.05, 3.63) is 41.2 Å². The molecule has 0 aliphatic carbocycles. The van der Waals surface area contributed by atoms with Crippen LogP contribution in [0.5, 0.6) is 0 Å². The molecule has 1 fully saturated rings. The SMILES string of the molecule is C=Cc1cc(C)c(F)cc1C(=O)N1CCN(C(=O)OC(C)(C)C)C(C)C1. The number of halogens is 1. The number of carbonyl (C=O) groups excluding carboxylic acids is 2. The van der Waals surface area contributed by atoms with Gasteiger partial charge >= 0.3 is 6.09 Å². The summed E-state index contributed by atoms with van der Waals surface area (Å²) in [4.78, 5) is 28.4. The van der Waals surface area contributed by atoms with E-state index in [2.05, 4.69) is 6.58 Å². The molecule has 0 aromatic heterocycles. The molecule has 0 saturated carbocycles. The quantitative estimate of drug-likeness (QED) is 0.803. The second kappa shape index (κ2) is 7.48. The van der Waals surface area contributed by atoms with Gasteiger partial charge in [0.1, 0.15) is 11.4 Å². The van der Waals surface area contributed by atoms with Crippen molar-refractivity contribution in [3.63, 3.8) is 0 Å². The molecule has 1 heterocycles. The Kier molecular flexibility index (Phi) is 5.74. The third-order valence-electron chi connectivity index (χ3n) is 4.32. The summed E-state index contributed by atoms with van der Waals surface area (Å²) >= 11 is 0. The number of aryl methyl sites for hydroxylation is 1. The molecule has 2 rings (SSSR count). The number of rotatable bonds is 2. The van der Waals surface area contributed by atoms with Crippen molar-refractivity contribution in [3.8, 4) is 0 Å². The molecule has 6 heteroatoms.